The summed E-state index contributed by atoms with van der Waals surface area (Å²) in [6.07, 6.45) is 4.14. The second kappa shape index (κ2) is 7.56. The molecule has 0 aromatic heterocycles. The fraction of sp³-hybridized carbons (Fsp3) is 0.0870. The lowest BCUT2D eigenvalue weighted by atomic mass is 10.0. The van der Waals surface area contributed by atoms with Gasteiger partial charge in [-0.25, -0.2) is 0 Å². The Morgan fingerprint density at radius 3 is 1.92 bits per heavy atom. The predicted octanol–water partition coefficient (Wildman–Crippen LogP) is 6.25. The molecule has 0 aliphatic carbocycles. The molecule has 0 saturated heterocycles. The van der Waals surface area contributed by atoms with E-state index >= 15 is 0 Å². The van der Waals surface area contributed by atoms with E-state index in [1.807, 2.05) is 18.3 Å². The van der Waals surface area contributed by atoms with Gasteiger partial charge >= 0.3 is 0 Å². The fourth-order valence-corrected chi connectivity index (χ4v) is 2.70. The molecule has 0 atom stereocenters. The highest BCUT2D eigenvalue weighted by molar-refractivity contribution is 6.16. The first-order chi connectivity index (χ1) is 11.7. The van der Waals surface area contributed by atoms with Crippen molar-refractivity contribution < 1.29 is 0 Å². The summed E-state index contributed by atoms with van der Waals surface area (Å²) in [6.45, 7) is 4.20. The van der Waals surface area contributed by atoms with Gasteiger partial charge in [-0.3, -0.25) is 4.99 Å². The second-order valence-corrected chi connectivity index (χ2v) is 5.88. The third-order valence-electron chi connectivity index (χ3n) is 4.00. The molecule has 0 N–H and O–H groups in total. The largest absolute Gasteiger partial charge is 0.256 e. The summed E-state index contributed by atoms with van der Waals surface area (Å²) < 4.78 is 0. The highest BCUT2D eigenvalue weighted by Gasteiger charge is 2.02. The molecule has 3 rings (SSSR count). The molecule has 3 aromatic rings. The van der Waals surface area contributed by atoms with E-state index in [0.29, 0.717) is 0 Å². The van der Waals surface area contributed by atoms with Crippen LogP contribution in [-0.4, -0.2) is 6.21 Å². The lowest BCUT2D eigenvalue weighted by Crippen LogP contribution is -1.87. The van der Waals surface area contributed by atoms with E-state index in [1.54, 1.807) is 0 Å². The summed E-state index contributed by atoms with van der Waals surface area (Å²) in [5.74, 6) is 0. The van der Waals surface area contributed by atoms with Crippen LogP contribution in [0.5, 0.6) is 0 Å². The second-order valence-electron chi connectivity index (χ2n) is 5.88. The smallest absolute Gasteiger partial charge is 0.0688 e. The van der Waals surface area contributed by atoms with E-state index in [-0.39, 0.29) is 0 Å². The zero-order chi connectivity index (χ0) is 16.8. The molecule has 24 heavy (non-hydrogen) atoms. The summed E-state index contributed by atoms with van der Waals surface area (Å²) >= 11 is 0. The van der Waals surface area contributed by atoms with E-state index in [1.165, 1.54) is 16.7 Å². The van der Waals surface area contributed by atoms with E-state index < -0.39 is 0 Å². The minimum Gasteiger partial charge on any atom is -0.256 e. The molecule has 118 valence electrons. The molecule has 1 heteroatoms. The van der Waals surface area contributed by atoms with Crippen LogP contribution >= 0.6 is 0 Å². The number of benzene rings is 3. The molecule has 0 amide bonds. The topological polar surface area (TPSA) is 12.4 Å². The van der Waals surface area contributed by atoms with Crippen LogP contribution in [0, 0.1) is 13.8 Å². The monoisotopic (exact) mass is 311 g/mol. The number of rotatable bonds is 4. The van der Waals surface area contributed by atoms with Crippen LogP contribution in [0.3, 0.4) is 0 Å². The molecule has 0 unspecified atom stereocenters. The van der Waals surface area contributed by atoms with Crippen LogP contribution in [-0.2, 0) is 0 Å². The van der Waals surface area contributed by atoms with E-state index in [2.05, 4.69) is 86.7 Å². The number of hydrogen-bond donors (Lipinski definition) is 0. The number of allylic oxidation sites excluding steroid dienone is 1. The van der Waals surface area contributed by atoms with Gasteiger partial charge in [-0.1, -0.05) is 78.9 Å². The van der Waals surface area contributed by atoms with Crippen molar-refractivity contribution in [1.82, 2.24) is 0 Å². The number of nitrogens with zero attached hydrogens (tertiary/aromatic N) is 1. The molecule has 0 saturated carbocycles. The fourth-order valence-electron chi connectivity index (χ4n) is 2.70. The Morgan fingerprint density at radius 2 is 1.29 bits per heavy atom. The van der Waals surface area contributed by atoms with Gasteiger partial charge < -0.3 is 0 Å². The molecule has 0 radical (unpaired) electrons. The SMILES string of the molecule is Cc1cccc(C)c1N=C/C(=C/c1ccccc1)c1ccccc1. The number of aliphatic imine (C=N–C) groups is 1. The Balaban J connectivity index is 2.03. The lowest BCUT2D eigenvalue weighted by Gasteiger charge is -2.06. The van der Waals surface area contributed by atoms with E-state index in [0.717, 1.165) is 16.8 Å². The van der Waals surface area contributed by atoms with Gasteiger partial charge in [0, 0.05) is 11.8 Å². The molecule has 0 spiro atoms. The van der Waals surface area contributed by atoms with Crippen molar-refractivity contribution in [2.75, 3.05) is 0 Å². The van der Waals surface area contributed by atoms with Crippen LogP contribution in [0.25, 0.3) is 11.6 Å². The standard InChI is InChI=1S/C23H21N/c1-18-10-9-11-19(2)23(18)24-17-22(21-14-7-4-8-15-21)16-20-12-5-3-6-13-20/h3-17H,1-2H3/b22-16-,24-17?. The van der Waals surface area contributed by atoms with E-state index in [9.17, 15) is 0 Å². The maximum Gasteiger partial charge on any atom is 0.0688 e. The molecule has 1 nitrogen and oxygen atoms in total. The molecule has 0 fully saturated rings. The minimum atomic E-state index is 1.05. The molecule has 0 heterocycles. The maximum absolute atomic E-state index is 4.78. The van der Waals surface area contributed by atoms with Gasteiger partial charge in [0.05, 0.1) is 5.69 Å². The Kier molecular flexibility index (Phi) is 5.02. The first-order valence-electron chi connectivity index (χ1n) is 8.16. The lowest BCUT2D eigenvalue weighted by molar-refractivity contribution is 1.33. The normalized spacial score (nSPS) is 11.8. The zero-order valence-electron chi connectivity index (χ0n) is 14.1. The van der Waals surface area contributed by atoms with Crippen LogP contribution in [0.15, 0.2) is 83.9 Å². The third-order valence-corrected chi connectivity index (χ3v) is 4.00. The van der Waals surface area contributed by atoms with Crippen molar-refractivity contribution in [1.29, 1.82) is 0 Å². The predicted molar refractivity (Wildman–Crippen MR) is 105 cm³/mol. The Labute approximate surface area is 144 Å². The molecular weight excluding hydrogens is 290 g/mol. The number of aryl methyl sites for hydroxylation is 2. The Morgan fingerprint density at radius 1 is 0.708 bits per heavy atom. The average Bonchev–Trinajstić information content (AvgIpc) is 2.62. The summed E-state index contributed by atoms with van der Waals surface area (Å²) in [7, 11) is 0. The van der Waals surface area contributed by atoms with Crippen LogP contribution in [0.4, 0.5) is 5.69 Å². The summed E-state index contributed by atoms with van der Waals surface area (Å²) in [5.41, 5.74) is 6.87. The zero-order valence-corrected chi connectivity index (χ0v) is 14.1. The van der Waals surface area contributed by atoms with Gasteiger partial charge in [0.1, 0.15) is 0 Å². The molecular formula is C23H21N. The van der Waals surface area contributed by atoms with Crippen molar-refractivity contribution in [3.05, 3.63) is 101 Å². The van der Waals surface area contributed by atoms with Gasteiger partial charge in [0.15, 0.2) is 0 Å². The first-order valence-corrected chi connectivity index (χ1v) is 8.16. The van der Waals surface area contributed by atoms with Gasteiger partial charge in [-0.05, 0) is 42.2 Å². The van der Waals surface area contributed by atoms with Crippen molar-refractivity contribution in [2.24, 2.45) is 4.99 Å². The Hall–Kier alpha value is -2.93. The van der Waals surface area contributed by atoms with Crippen molar-refractivity contribution >= 4 is 23.6 Å². The average molecular weight is 311 g/mol. The highest BCUT2D eigenvalue weighted by atomic mass is 14.7. The third kappa shape index (κ3) is 3.88. The van der Waals surface area contributed by atoms with Gasteiger partial charge in [-0.15, -0.1) is 0 Å². The molecule has 3 aromatic carbocycles. The summed E-state index contributed by atoms with van der Waals surface area (Å²) in [4.78, 5) is 4.78. The summed E-state index contributed by atoms with van der Waals surface area (Å²) in [6, 6.07) is 27.0. The van der Waals surface area contributed by atoms with Crippen LogP contribution in [0.1, 0.15) is 22.3 Å². The highest BCUT2D eigenvalue weighted by Crippen LogP contribution is 2.24. The molecule has 0 aliphatic rings. The van der Waals surface area contributed by atoms with Crippen molar-refractivity contribution in [2.45, 2.75) is 13.8 Å². The van der Waals surface area contributed by atoms with Crippen LogP contribution in [0.2, 0.25) is 0 Å². The molecule has 0 bridgehead atoms. The number of hydrogen-bond acceptors (Lipinski definition) is 1. The Bertz CT molecular complexity index is 839. The van der Waals surface area contributed by atoms with Crippen molar-refractivity contribution in [3.8, 4) is 0 Å². The van der Waals surface area contributed by atoms with Gasteiger partial charge in [-0.2, -0.15) is 0 Å². The van der Waals surface area contributed by atoms with Crippen molar-refractivity contribution in [3.63, 3.8) is 0 Å². The number of para-hydroxylation sites is 1. The first kappa shape index (κ1) is 15.9. The van der Waals surface area contributed by atoms with Gasteiger partial charge in [0.2, 0.25) is 0 Å². The quantitative estimate of drug-likeness (QED) is 0.399. The summed E-state index contributed by atoms with van der Waals surface area (Å²) in [5, 5.41) is 0. The van der Waals surface area contributed by atoms with Crippen LogP contribution < -0.4 is 0 Å². The van der Waals surface area contributed by atoms with Gasteiger partial charge in [0.25, 0.3) is 0 Å². The molecule has 0 aliphatic heterocycles. The maximum atomic E-state index is 4.78. The van der Waals surface area contributed by atoms with E-state index in [4.69, 9.17) is 4.99 Å². The minimum absolute atomic E-state index is 1.05.